The van der Waals surface area contributed by atoms with E-state index in [1.807, 2.05) is 38.1 Å². The first-order valence-electron chi connectivity index (χ1n) is 7.37. The van der Waals surface area contributed by atoms with E-state index in [0.29, 0.717) is 5.69 Å². The van der Waals surface area contributed by atoms with Gasteiger partial charge in [0.05, 0.1) is 11.9 Å². The Balaban J connectivity index is 2.10. The fourth-order valence-electron chi connectivity index (χ4n) is 2.18. The Morgan fingerprint density at radius 2 is 1.82 bits per heavy atom. The first kappa shape index (κ1) is 16.0. The summed E-state index contributed by atoms with van der Waals surface area (Å²) in [7, 11) is 0. The van der Waals surface area contributed by atoms with Gasteiger partial charge in [-0.3, -0.25) is 4.79 Å². The molecule has 1 amide bonds. The second-order valence-corrected chi connectivity index (χ2v) is 6.58. The molecule has 2 N–H and O–H groups in total. The molecule has 2 aromatic rings. The highest BCUT2D eigenvalue weighted by molar-refractivity contribution is 6.03. The number of hydrogen-bond donors (Lipinski definition) is 2. The maximum atomic E-state index is 12.3. The Hall–Kier alpha value is -2.36. The Morgan fingerprint density at radius 1 is 1.09 bits per heavy atom. The third-order valence-electron chi connectivity index (χ3n) is 3.15. The zero-order chi connectivity index (χ0) is 16.3. The minimum Gasteiger partial charge on any atom is -0.379 e. The van der Waals surface area contributed by atoms with Crippen molar-refractivity contribution >= 4 is 17.3 Å². The van der Waals surface area contributed by atoms with Crippen LogP contribution in [0.5, 0.6) is 0 Å². The maximum absolute atomic E-state index is 12.3. The van der Waals surface area contributed by atoms with Crippen LogP contribution in [0.2, 0.25) is 0 Å². The largest absolute Gasteiger partial charge is 0.379 e. The van der Waals surface area contributed by atoms with E-state index in [4.69, 9.17) is 0 Å². The number of carbonyl (C=O) groups is 1. The topological polar surface area (TPSA) is 54.0 Å². The number of hydrogen-bond acceptors (Lipinski definition) is 3. The van der Waals surface area contributed by atoms with Crippen molar-refractivity contribution in [2.75, 3.05) is 10.6 Å². The van der Waals surface area contributed by atoms with Crippen LogP contribution in [-0.4, -0.2) is 16.4 Å². The van der Waals surface area contributed by atoms with Gasteiger partial charge in [0.2, 0.25) is 0 Å². The van der Waals surface area contributed by atoms with Crippen LogP contribution in [0, 0.1) is 13.8 Å². The molecule has 0 unspecified atom stereocenters. The highest BCUT2D eigenvalue weighted by Crippen LogP contribution is 2.18. The smallest absolute Gasteiger partial charge is 0.274 e. The Morgan fingerprint density at radius 3 is 2.36 bits per heavy atom. The molecule has 0 radical (unpaired) electrons. The summed E-state index contributed by atoms with van der Waals surface area (Å²) in [6, 6.07) is 9.53. The highest BCUT2D eigenvalue weighted by Gasteiger charge is 2.12. The average Bonchev–Trinajstić information content (AvgIpc) is 2.41. The van der Waals surface area contributed by atoms with Crippen molar-refractivity contribution in [2.24, 2.45) is 0 Å². The van der Waals surface area contributed by atoms with Gasteiger partial charge in [-0.2, -0.15) is 0 Å². The third kappa shape index (κ3) is 4.32. The number of amides is 1. The number of nitrogens with zero attached hydrogens (tertiary/aromatic N) is 1. The fourth-order valence-corrected chi connectivity index (χ4v) is 2.18. The van der Waals surface area contributed by atoms with E-state index in [-0.39, 0.29) is 11.4 Å². The molecule has 22 heavy (non-hydrogen) atoms. The zero-order valence-corrected chi connectivity index (χ0v) is 13.8. The summed E-state index contributed by atoms with van der Waals surface area (Å²) >= 11 is 0. The molecule has 0 bridgehead atoms. The molecule has 0 saturated carbocycles. The van der Waals surface area contributed by atoms with E-state index in [9.17, 15) is 4.79 Å². The molecule has 0 aliphatic rings. The lowest BCUT2D eigenvalue weighted by atomic mass is 10.1. The second-order valence-electron chi connectivity index (χ2n) is 6.58. The third-order valence-corrected chi connectivity index (χ3v) is 3.15. The van der Waals surface area contributed by atoms with Crippen LogP contribution in [0.1, 0.15) is 42.4 Å². The van der Waals surface area contributed by atoms with Crippen molar-refractivity contribution in [1.82, 2.24) is 4.98 Å². The molecular formula is C18H23N3O. The molecule has 116 valence electrons. The molecule has 1 heterocycles. The van der Waals surface area contributed by atoms with Gasteiger partial charge in [0, 0.05) is 11.2 Å². The van der Waals surface area contributed by atoms with Crippen LogP contribution >= 0.6 is 0 Å². The van der Waals surface area contributed by atoms with Crippen molar-refractivity contribution in [3.05, 3.63) is 53.3 Å². The van der Waals surface area contributed by atoms with E-state index < -0.39 is 0 Å². The second kappa shape index (κ2) is 6.18. The molecule has 1 aromatic carbocycles. The summed E-state index contributed by atoms with van der Waals surface area (Å²) < 4.78 is 0. The minimum absolute atomic E-state index is 0.0372. The van der Waals surface area contributed by atoms with Crippen molar-refractivity contribution in [1.29, 1.82) is 0 Å². The van der Waals surface area contributed by atoms with Crippen molar-refractivity contribution in [3.8, 4) is 0 Å². The van der Waals surface area contributed by atoms with Crippen molar-refractivity contribution < 1.29 is 4.79 Å². The zero-order valence-electron chi connectivity index (χ0n) is 13.8. The van der Waals surface area contributed by atoms with E-state index in [2.05, 4.69) is 36.4 Å². The van der Waals surface area contributed by atoms with Gasteiger partial charge in [-0.25, -0.2) is 4.98 Å². The number of rotatable bonds is 3. The number of anilines is 2. The van der Waals surface area contributed by atoms with Gasteiger partial charge in [0.15, 0.2) is 0 Å². The van der Waals surface area contributed by atoms with Crippen LogP contribution < -0.4 is 10.6 Å². The molecule has 0 spiro atoms. The molecule has 0 aliphatic carbocycles. The summed E-state index contributed by atoms with van der Waals surface area (Å²) in [5.74, 6) is -0.200. The van der Waals surface area contributed by atoms with E-state index in [1.165, 1.54) is 5.56 Å². The van der Waals surface area contributed by atoms with Crippen molar-refractivity contribution in [2.45, 2.75) is 40.2 Å². The standard InChI is InChI=1S/C18H23N3O/c1-12-6-8-15(13(2)10-12)20-17(22)16-9-7-14(11-19-16)21-18(3,4)5/h6-11,21H,1-5H3,(H,20,22). The molecule has 0 atom stereocenters. The lowest BCUT2D eigenvalue weighted by Gasteiger charge is -2.21. The predicted octanol–water partition coefficient (Wildman–Crippen LogP) is 4.16. The van der Waals surface area contributed by atoms with E-state index >= 15 is 0 Å². The van der Waals surface area contributed by atoms with E-state index in [0.717, 1.165) is 16.9 Å². The van der Waals surface area contributed by atoms with Crippen LogP contribution in [0.25, 0.3) is 0 Å². The van der Waals surface area contributed by atoms with E-state index in [1.54, 1.807) is 12.3 Å². The monoisotopic (exact) mass is 297 g/mol. The van der Waals surface area contributed by atoms with Gasteiger partial charge in [-0.05, 0) is 58.4 Å². The predicted molar refractivity (Wildman–Crippen MR) is 91.5 cm³/mol. The number of aromatic nitrogens is 1. The lowest BCUT2D eigenvalue weighted by molar-refractivity contribution is 0.102. The molecular weight excluding hydrogens is 274 g/mol. The maximum Gasteiger partial charge on any atom is 0.274 e. The quantitative estimate of drug-likeness (QED) is 0.894. The Labute approximate surface area is 132 Å². The van der Waals surface area contributed by atoms with Gasteiger partial charge in [-0.15, -0.1) is 0 Å². The minimum atomic E-state index is -0.200. The number of aryl methyl sites for hydroxylation is 2. The Bertz CT molecular complexity index is 670. The summed E-state index contributed by atoms with van der Waals surface area (Å²) in [5.41, 5.74) is 4.29. The SMILES string of the molecule is Cc1ccc(NC(=O)c2ccc(NC(C)(C)C)cn2)c(C)c1. The molecule has 4 nitrogen and oxygen atoms in total. The number of nitrogens with one attached hydrogen (secondary N) is 2. The molecule has 4 heteroatoms. The Kier molecular flexibility index (Phi) is 4.50. The lowest BCUT2D eigenvalue weighted by Crippen LogP contribution is -2.26. The number of benzene rings is 1. The highest BCUT2D eigenvalue weighted by atomic mass is 16.1. The number of carbonyl (C=O) groups excluding carboxylic acids is 1. The van der Waals surface area contributed by atoms with Crippen LogP contribution in [-0.2, 0) is 0 Å². The van der Waals surface area contributed by atoms with Crippen LogP contribution in [0.3, 0.4) is 0 Å². The van der Waals surface area contributed by atoms with Crippen LogP contribution in [0.4, 0.5) is 11.4 Å². The first-order valence-corrected chi connectivity index (χ1v) is 7.37. The summed E-state index contributed by atoms with van der Waals surface area (Å²) in [4.78, 5) is 16.5. The summed E-state index contributed by atoms with van der Waals surface area (Å²) in [6.45, 7) is 10.2. The summed E-state index contributed by atoms with van der Waals surface area (Å²) in [5, 5.41) is 6.22. The normalized spacial score (nSPS) is 11.1. The molecule has 0 aliphatic heterocycles. The van der Waals surface area contributed by atoms with Crippen LogP contribution in [0.15, 0.2) is 36.5 Å². The fraction of sp³-hybridized carbons (Fsp3) is 0.333. The average molecular weight is 297 g/mol. The van der Waals surface area contributed by atoms with Gasteiger partial charge < -0.3 is 10.6 Å². The van der Waals surface area contributed by atoms with Gasteiger partial charge in [-0.1, -0.05) is 17.7 Å². The molecule has 0 fully saturated rings. The van der Waals surface area contributed by atoms with Crippen molar-refractivity contribution in [3.63, 3.8) is 0 Å². The number of pyridine rings is 1. The molecule has 1 aromatic heterocycles. The molecule has 0 saturated heterocycles. The first-order chi connectivity index (χ1) is 10.2. The van der Waals surface area contributed by atoms with Gasteiger partial charge in [0.25, 0.3) is 5.91 Å². The van der Waals surface area contributed by atoms with Gasteiger partial charge >= 0.3 is 0 Å². The molecule has 2 rings (SSSR count). The summed E-state index contributed by atoms with van der Waals surface area (Å²) in [6.07, 6.45) is 1.68. The van der Waals surface area contributed by atoms with Gasteiger partial charge in [0.1, 0.15) is 5.69 Å².